The van der Waals surface area contributed by atoms with Crippen LogP contribution in [0.3, 0.4) is 0 Å². The Morgan fingerprint density at radius 2 is 2.30 bits per heavy atom. The van der Waals surface area contributed by atoms with Gasteiger partial charge in [-0.05, 0) is 41.0 Å². The maximum absolute atomic E-state index is 5.44. The summed E-state index contributed by atoms with van der Waals surface area (Å²) in [7, 11) is 0. The molecule has 3 rings (SSSR count). The Kier molecular flexibility index (Phi) is 4.24. The number of hydrogen-bond acceptors (Lipinski definition) is 5. The molecule has 0 aliphatic carbocycles. The molecule has 0 spiro atoms. The lowest BCUT2D eigenvalue weighted by atomic mass is 10.2. The van der Waals surface area contributed by atoms with E-state index in [1.54, 1.807) is 11.3 Å². The molecule has 0 atom stereocenters. The zero-order valence-electron chi connectivity index (χ0n) is 11.1. The molecule has 0 bridgehead atoms. The molecule has 4 nitrogen and oxygen atoms in total. The SMILES string of the molecule is CCCNCc1csc(-c2cc(Br)c3c(c2)OCO3)n1. The van der Waals surface area contributed by atoms with Crippen LogP contribution in [0.25, 0.3) is 10.6 Å². The maximum Gasteiger partial charge on any atom is 0.231 e. The molecule has 20 heavy (non-hydrogen) atoms. The molecule has 0 saturated carbocycles. The van der Waals surface area contributed by atoms with Gasteiger partial charge in [-0.25, -0.2) is 4.98 Å². The molecule has 1 aliphatic heterocycles. The quantitative estimate of drug-likeness (QED) is 0.829. The second-order valence-corrected chi connectivity index (χ2v) is 6.23. The van der Waals surface area contributed by atoms with Gasteiger partial charge in [0.2, 0.25) is 6.79 Å². The summed E-state index contributed by atoms with van der Waals surface area (Å²) in [6.07, 6.45) is 1.13. The van der Waals surface area contributed by atoms with Crippen LogP contribution in [0.2, 0.25) is 0 Å². The second kappa shape index (κ2) is 6.11. The third-order valence-electron chi connectivity index (χ3n) is 2.96. The second-order valence-electron chi connectivity index (χ2n) is 4.51. The molecule has 2 heterocycles. The van der Waals surface area contributed by atoms with Crippen LogP contribution in [0.5, 0.6) is 11.5 Å². The summed E-state index contributed by atoms with van der Waals surface area (Å²) in [5.74, 6) is 1.55. The molecular formula is C14H15BrN2O2S. The summed E-state index contributed by atoms with van der Waals surface area (Å²) in [5, 5.41) is 6.45. The summed E-state index contributed by atoms with van der Waals surface area (Å²) in [6.45, 7) is 4.27. The van der Waals surface area contributed by atoms with Crippen LogP contribution in [0, 0.1) is 0 Å². The van der Waals surface area contributed by atoms with E-state index in [0.717, 1.165) is 51.7 Å². The largest absolute Gasteiger partial charge is 0.454 e. The average Bonchev–Trinajstić information content (AvgIpc) is 3.07. The van der Waals surface area contributed by atoms with Crippen molar-refractivity contribution in [1.82, 2.24) is 10.3 Å². The van der Waals surface area contributed by atoms with E-state index in [1.807, 2.05) is 12.1 Å². The monoisotopic (exact) mass is 354 g/mol. The number of nitrogens with one attached hydrogen (secondary N) is 1. The molecule has 0 amide bonds. The fourth-order valence-electron chi connectivity index (χ4n) is 2.00. The average molecular weight is 355 g/mol. The number of fused-ring (bicyclic) bond motifs is 1. The van der Waals surface area contributed by atoms with Crippen molar-refractivity contribution in [3.63, 3.8) is 0 Å². The van der Waals surface area contributed by atoms with Crippen molar-refractivity contribution in [3.05, 3.63) is 27.7 Å². The van der Waals surface area contributed by atoms with E-state index in [1.165, 1.54) is 0 Å². The Morgan fingerprint density at radius 3 is 3.15 bits per heavy atom. The highest BCUT2D eigenvalue weighted by atomic mass is 79.9. The highest BCUT2D eigenvalue weighted by Crippen LogP contribution is 2.42. The lowest BCUT2D eigenvalue weighted by Crippen LogP contribution is -2.13. The van der Waals surface area contributed by atoms with Crippen molar-refractivity contribution in [2.75, 3.05) is 13.3 Å². The molecular weight excluding hydrogens is 340 g/mol. The summed E-state index contributed by atoms with van der Waals surface area (Å²) < 4.78 is 11.7. The first kappa shape index (κ1) is 13.9. The first-order valence-electron chi connectivity index (χ1n) is 6.52. The van der Waals surface area contributed by atoms with Crippen LogP contribution in [-0.4, -0.2) is 18.3 Å². The van der Waals surface area contributed by atoms with Gasteiger partial charge < -0.3 is 14.8 Å². The van der Waals surface area contributed by atoms with Gasteiger partial charge in [0.15, 0.2) is 11.5 Å². The van der Waals surface area contributed by atoms with Gasteiger partial charge in [-0.3, -0.25) is 0 Å². The smallest absolute Gasteiger partial charge is 0.231 e. The van der Waals surface area contributed by atoms with Crippen LogP contribution in [0.4, 0.5) is 0 Å². The van der Waals surface area contributed by atoms with Gasteiger partial charge in [-0.2, -0.15) is 0 Å². The van der Waals surface area contributed by atoms with E-state index < -0.39 is 0 Å². The van der Waals surface area contributed by atoms with Crippen molar-refractivity contribution in [2.24, 2.45) is 0 Å². The first-order valence-corrected chi connectivity index (χ1v) is 8.20. The minimum absolute atomic E-state index is 0.279. The van der Waals surface area contributed by atoms with Gasteiger partial charge in [-0.1, -0.05) is 6.92 Å². The lowest BCUT2D eigenvalue weighted by Gasteiger charge is -2.02. The molecule has 2 aromatic rings. The zero-order chi connectivity index (χ0) is 13.9. The van der Waals surface area contributed by atoms with Gasteiger partial charge >= 0.3 is 0 Å². The predicted octanol–water partition coefficient (Wildman–Crippen LogP) is 3.80. The number of thiazole rings is 1. The molecule has 1 aromatic heterocycles. The van der Waals surface area contributed by atoms with Crippen LogP contribution in [-0.2, 0) is 6.54 Å². The number of rotatable bonds is 5. The number of benzene rings is 1. The summed E-state index contributed by atoms with van der Waals surface area (Å²) in [5.41, 5.74) is 2.13. The van der Waals surface area contributed by atoms with Gasteiger partial charge in [0, 0.05) is 17.5 Å². The number of nitrogens with zero attached hydrogens (tertiary/aromatic N) is 1. The van der Waals surface area contributed by atoms with Crippen molar-refractivity contribution >= 4 is 27.3 Å². The minimum atomic E-state index is 0.279. The van der Waals surface area contributed by atoms with Gasteiger partial charge in [-0.15, -0.1) is 11.3 Å². The Morgan fingerprint density at radius 1 is 1.40 bits per heavy atom. The number of halogens is 1. The molecule has 0 saturated heterocycles. The highest BCUT2D eigenvalue weighted by molar-refractivity contribution is 9.10. The lowest BCUT2D eigenvalue weighted by molar-refractivity contribution is 0.173. The molecule has 0 fully saturated rings. The van der Waals surface area contributed by atoms with Crippen molar-refractivity contribution in [1.29, 1.82) is 0 Å². The van der Waals surface area contributed by atoms with E-state index in [-0.39, 0.29) is 6.79 Å². The van der Waals surface area contributed by atoms with Gasteiger partial charge in [0.25, 0.3) is 0 Å². The molecule has 0 unspecified atom stereocenters. The first-order chi connectivity index (χ1) is 9.78. The predicted molar refractivity (Wildman–Crippen MR) is 83.4 cm³/mol. The van der Waals surface area contributed by atoms with E-state index in [9.17, 15) is 0 Å². The van der Waals surface area contributed by atoms with E-state index in [0.29, 0.717) is 0 Å². The Bertz CT molecular complexity index is 615. The molecule has 106 valence electrons. The van der Waals surface area contributed by atoms with Crippen molar-refractivity contribution in [2.45, 2.75) is 19.9 Å². The molecule has 0 radical (unpaired) electrons. The van der Waals surface area contributed by atoms with Crippen LogP contribution >= 0.6 is 27.3 Å². The minimum Gasteiger partial charge on any atom is -0.454 e. The number of aromatic nitrogens is 1. The normalized spacial score (nSPS) is 12.9. The highest BCUT2D eigenvalue weighted by Gasteiger charge is 2.19. The van der Waals surface area contributed by atoms with Crippen LogP contribution < -0.4 is 14.8 Å². The summed E-state index contributed by atoms with van der Waals surface area (Å²) >= 11 is 5.16. The molecule has 1 N–H and O–H groups in total. The summed E-state index contributed by atoms with van der Waals surface area (Å²) in [4.78, 5) is 4.66. The molecule has 1 aliphatic rings. The topological polar surface area (TPSA) is 43.4 Å². The summed E-state index contributed by atoms with van der Waals surface area (Å²) in [6, 6.07) is 4.00. The van der Waals surface area contributed by atoms with E-state index in [4.69, 9.17) is 9.47 Å². The fourth-order valence-corrected chi connectivity index (χ4v) is 3.37. The van der Waals surface area contributed by atoms with Gasteiger partial charge in [0.1, 0.15) is 5.01 Å². The maximum atomic E-state index is 5.44. The fraction of sp³-hybridized carbons (Fsp3) is 0.357. The third kappa shape index (κ3) is 2.82. The van der Waals surface area contributed by atoms with Gasteiger partial charge in [0.05, 0.1) is 10.2 Å². The van der Waals surface area contributed by atoms with Crippen molar-refractivity contribution < 1.29 is 9.47 Å². The number of ether oxygens (including phenoxy) is 2. The van der Waals surface area contributed by atoms with Crippen LogP contribution in [0.15, 0.2) is 22.0 Å². The van der Waals surface area contributed by atoms with Crippen molar-refractivity contribution in [3.8, 4) is 22.1 Å². The Labute approximate surface area is 130 Å². The van der Waals surface area contributed by atoms with E-state index >= 15 is 0 Å². The third-order valence-corrected chi connectivity index (χ3v) is 4.49. The number of hydrogen-bond donors (Lipinski definition) is 1. The van der Waals surface area contributed by atoms with E-state index in [2.05, 4.69) is 38.5 Å². The van der Waals surface area contributed by atoms with Crippen LogP contribution in [0.1, 0.15) is 19.0 Å². The Hall–Kier alpha value is -1.11. The standard InChI is InChI=1S/C14H15BrN2O2S/c1-2-3-16-6-10-7-20-14(17-10)9-4-11(15)13-12(5-9)18-8-19-13/h4-5,7,16H,2-3,6,8H2,1H3. The molecule has 1 aromatic carbocycles. The molecule has 6 heteroatoms. The zero-order valence-corrected chi connectivity index (χ0v) is 13.5. The Balaban J connectivity index is 1.81.